The lowest BCUT2D eigenvalue weighted by molar-refractivity contribution is -0.137. The molecule has 0 aliphatic heterocycles. The van der Waals surface area contributed by atoms with Crippen molar-refractivity contribution in [1.29, 1.82) is 0 Å². The van der Waals surface area contributed by atoms with Gasteiger partial charge in [-0.05, 0) is 29.8 Å². The molecule has 2 aromatic carbocycles. The van der Waals surface area contributed by atoms with E-state index in [0.29, 0.717) is 16.6 Å². The molecule has 2 aromatic rings. The van der Waals surface area contributed by atoms with Crippen LogP contribution < -0.4 is 5.73 Å². The van der Waals surface area contributed by atoms with Gasteiger partial charge in [-0.25, -0.2) is 4.99 Å². The molecule has 118 valence electrons. The van der Waals surface area contributed by atoms with Crippen LogP contribution in [0.4, 0.5) is 18.9 Å². The highest BCUT2D eigenvalue weighted by atomic mass is 35.5. The number of hydrogen-bond acceptors (Lipinski definition) is 2. The van der Waals surface area contributed by atoms with E-state index in [2.05, 4.69) is 4.99 Å². The van der Waals surface area contributed by atoms with Crippen LogP contribution in [0.15, 0.2) is 59.6 Å². The van der Waals surface area contributed by atoms with E-state index in [1.165, 1.54) is 23.9 Å². The van der Waals surface area contributed by atoms with E-state index in [1.807, 2.05) is 30.3 Å². The zero-order valence-electron chi connectivity index (χ0n) is 11.4. The quantitative estimate of drug-likeness (QED) is 0.627. The highest BCUT2D eigenvalue weighted by Gasteiger charge is 2.29. The van der Waals surface area contributed by atoms with Gasteiger partial charge in [0.05, 0.1) is 11.3 Å². The molecule has 0 aliphatic carbocycles. The Morgan fingerprint density at radius 2 is 1.59 bits per heavy atom. The van der Waals surface area contributed by atoms with Gasteiger partial charge in [0.1, 0.15) is 0 Å². The van der Waals surface area contributed by atoms with Gasteiger partial charge >= 0.3 is 6.18 Å². The Hall–Kier alpha value is -1.66. The summed E-state index contributed by atoms with van der Waals surface area (Å²) in [6, 6.07) is 14.3. The van der Waals surface area contributed by atoms with E-state index < -0.39 is 11.7 Å². The van der Waals surface area contributed by atoms with Crippen molar-refractivity contribution < 1.29 is 13.2 Å². The summed E-state index contributed by atoms with van der Waals surface area (Å²) in [5.41, 5.74) is 6.58. The molecule has 0 saturated carbocycles. The molecule has 7 heteroatoms. The SMILES string of the molecule is Cl.NC(=Nc1ccc(C(F)(F)F)cc1)SCc1ccccc1. The minimum absolute atomic E-state index is 0. The number of amidine groups is 1. The van der Waals surface area contributed by atoms with Gasteiger partial charge in [-0.1, -0.05) is 42.1 Å². The predicted octanol–water partition coefficient (Wildman–Crippen LogP) is 5.01. The van der Waals surface area contributed by atoms with E-state index in [0.717, 1.165) is 17.7 Å². The number of benzene rings is 2. The molecule has 0 amide bonds. The van der Waals surface area contributed by atoms with Crippen LogP contribution in [0.3, 0.4) is 0 Å². The topological polar surface area (TPSA) is 38.4 Å². The van der Waals surface area contributed by atoms with Gasteiger partial charge in [0.15, 0.2) is 5.17 Å². The van der Waals surface area contributed by atoms with Crippen molar-refractivity contribution in [3.63, 3.8) is 0 Å². The van der Waals surface area contributed by atoms with Gasteiger partial charge < -0.3 is 5.73 Å². The zero-order chi connectivity index (χ0) is 15.3. The van der Waals surface area contributed by atoms with Crippen LogP contribution in [0, 0.1) is 0 Å². The standard InChI is InChI=1S/C15H13F3N2S.ClH/c16-15(17,18)12-6-8-13(9-7-12)20-14(19)21-10-11-4-2-1-3-5-11;/h1-9H,10H2,(H2,19,20);1H. The lowest BCUT2D eigenvalue weighted by Gasteiger charge is -2.06. The molecule has 2 nitrogen and oxygen atoms in total. The van der Waals surface area contributed by atoms with Crippen molar-refractivity contribution >= 4 is 35.0 Å². The Morgan fingerprint density at radius 1 is 1.00 bits per heavy atom. The van der Waals surface area contributed by atoms with Crippen molar-refractivity contribution in [3.05, 3.63) is 65.7 Å². The Morgan fingerprint density at radius 3 is 2.14 bits per heavy atom. The fourth-order valence-electron chi connectivity index (χ4n) is 1.62. The molecule has 0 fully saturated rings. The number of thioether (sulfide) groups is 1. The zero-order valence-corrected chi connectivity index (χ0v) is 13.0. The van der Waals surface area contributed by atoms with E-state index in [-0.39, 0.29) is 12.4 Å². The smallest absolute Gasteiger partial charge is 0.378 e. The molecule has 0 unspecified atom stereocenters. The third kappa shape index (κ3) is 5.61. The van der Waals surface area contributed by atoms with Gasteiger partial charge in [-0.15, -0.1) is 12.4 Å². The number of nitrogens with two attached hydrogens (primary N) is 1. The number of hydrogen-bond donors (Lipinski definition) is 1. The predicted molar refractivity (Wildman–Crippen MR) is 87.7 cm³/mol. The van der Waals surface area contributed by atoms with E-state index >= 15 is 0 Å². The molecule has 0 radical (unpaired) electrons. The third-order valence-corrected chi connectivity index (χ3v) is 3.53. The van der Waals surface area contributed by atoms with Crippen LogP contribution in [-0.4, -0.2) is 5.17 Å². The first kappa shape index (κ1) is 18.4. The highest BCUT2D eigenvalue weighted by Crippen LogP contribution is 2.30. The first-order valence-corrected chi connectivity index (χ1v) is 7.12. The maximum absolute atomic E-state index is 12.4. The molecule has 0 spiro atoms. The molecular formula is C15H14ClF3N2S. The van der Waals surface area contributed by atoms with Crippen molar-refractivity contribution in [3.8, 4) is 0 Å². The van der Waals surface area contributed by atoms with E-state index in [4.69, 9.17) is 5.73 Å². The van der Waals surface area contributed by atoms with Crippen molar-refractivity contribution in [1.82, 2.24) is 0 Å². The molecule has 0 atom stereocenters. The number of nitrogens with zero attached hydrogens (tertiary/aromatic N) is 1. The molecule has 2 N–H and O–H groups in total. The summed E-state index contributed by atoms with van der Waals surface area (Å²) in [5, 5.41) is 0.318. The summed E-state index contributed by atoms with van der Waals surface area (Å²) >= 11 is 1.34. The number of aliphatic imine (C=N–C) groups is 1. The summed E-state index contributed by atoms with van der Waals surface area (Å²) in [6.07, 6.45) is -4.34. The minimum atomic E-state index is -4.34. The second kappa shape index (κ2) is 8.10. The molecule has 0 heterocycles. The van der Waals surface area contributed by atoms with Crippen LogP contribution >= 0.6 is 24.2 Å². The number of rotatable bonds is 3. The average Bonchev–Trinajstić information content (AvgIpc) is 2.46. The van der Waals surface area contributed by atoms with E-state index in [1.54, 1.807) is 0 Å². The second-order valence-corrected chi connectivity index (χ2v) is 5.26. The third-order valence-electron chi connectivity index (χ3n) is 2.66. The van der Waals surface area contributed by atoms with Crippen LogP contribution in [0.5, 0.6) is 0 Å². The average molecular weight is 347 g/mol. The van der Waals surface area contributed by atoms with E-state index in [9.17, 15) is 13.2 Å². The van der Waals surface area contributed by atoms with Crippen LogP contribution in [0.1, 0.15) is 11.1 Å². The van der Waals surface area contributed by atoms with Crippen LogP contribution in [-0.2, 0) is 11.9 Å². The van der Waals surface area contributed by atoms with Gasteiger partial charge in [0.2, 0.25) is 0 Å². The van der Waals surface area contributed by atoms with Crippen molar-refractivity contribution in [2.24, 2.45) is 10.7 Å². The Balaban J connectivity index is 0.00000242. The Bertz CT molecular complexity index is 613. The maximum Gasteiger partial charge on any atom is 0.416 e. The molecular weight excluding hydrogens is 333 g/mol. The summed E-state index contributed by atoms with van der Waals surface area (Å²) in [5.74, 6) is 0.664. The first-order chi connectivity index (χ1) is 9.95. The molecule has 0 bridgehead atoms. The lowest BCUT2D eigenvalue weighted by Crippen LogP contribution is -2.06. The van der Waals surface area contributed by atoms with Gasteiger partial charge in [-0.3, -0.25) is 0 Å². The molecule has 2 rings (SSSR count). The lowest BCUT2D eigenvalue weighted by atomic mass is 10.2. The number of alkyl halides is 3. The fraction of sp³-hybridized carbons (Fsp3) is 0.133. The summed E-state index contributed by atoms with van der Waals surface area (Å²) in [6.45, 7) is 0. The van der Waals surface area contributed by atoms with Crippen molar-refractivity contribution in [2.75, 3.05) is 0 Å². The monoisotopic (exact) mass is 346 g/mol. The molecule has 0 aromatic heterocycles. The summed E-state index contributed by atoms with van der Waals surface area (Å²) < 4.78 is 37.3. The van der Waals surface area contributed by atoms with Gasteiger partial charge in [0, 0.05) is 5.75 Å². The Kier molecular flexibility index (Phi) is 6.77. The number of halogens is 4. The summed E-state index contributed by atoms with van der Waals surface area (Å²) in [4.78, 5) is 4.09. The molecule has 0 saturated heterocycles. The Labute approximate surface area is 137 Å². The fourth-order valence-corrected chi connectivity index (χ4v) is 2.29. The first-order valence-electron chi connectivity index (χ1n) is 6.13. The van der Waals surface area contributed by atoms with Gasteiger partial charge in [0.25, 0.3) is 0 Å². The molecule has 22 heavy (non-hydrogen) atoms. The largest absolute Gasteiger partial charge is 0.416 e. The normalized spacial score (nSPS) is 11.9. The van der Waals surface area contributed by atoms with Crippen molar-refractivity contribution in [2.45, 2.75) is 11.9 Å². The minimum Gasteiger partial charge on any atom is -0.378 e. The summed E-state index contributed by atoms with van der Waals surface area (Å²) in [7, 11) is 0. The van der Waals surface area contributed by atoms with Crippen LogP contribution in [0.25, 0.3) is 0 Å². The second-order valence-electron chi connectivity index (χ2n) is 4.27. The van der Waals surface area contributed by atoms with Gasteiger partial charge in [-0.2, -0.15) is 13.2 Å². The maximum atomic E-state index is 12.4. The highest BCUT2D eigenvalue weighted by molar-refractivity contribution is 8.13. The van der Waals surface area contributed by atoms with Crippen LogP contribution in [0.2, 0.25) is 0 Å². The molecule has 0 aliphatic rings.